The molecule has 436 valence electrons. The number of rotatable bonds is 0. The van der Waals surface area contributed by atoms with Gasteiger partial charge in [0.2, 0.25) is 0 Å². The van der Waals surface area contributed by atoms with Crippen molar-refractivity contribution in [1.82, 2.24) is 19.9 Å². The normalized spacial score (nSPS) is 17.2. The van der Waals surface area contributed by atoms with E-state index in [9.17, 15) is 5.11 Å². The Morgan fingerprint density at radius 1 is 0.481 bits per heavy atom. The van der Waals surface area contributed by atoms with Crippen molar-refractivity contribution in [3.05, 3.63) is 185 Å². The lowest BCUT2D eigenvalue weighted by Gasteiger charge is -2.20. The number of aliphatic imine (C=N–C) groups is 1. The third-order valence-electron chi connectivity index (χ3n) is 16.3. The van der Waals surface area contributed by atoms with E-state index in [1.165, 1.54) is 124 Å². The first-order valence-electron chi connectivity index (χ1n) is 29.0. The van der Waals surface area contributed by atoms with Crippen LogP contribution in [0.25, 0.3) is 0 Å². The smallest absolute Gasteiger partial charge is 0.121 e. The second kappa shape index (κ2) is 37.6. The van der Waals surface area contributed by atoms with Crippen molar-refractivity contribution in [1.29, 1.82) is 0 Å². The first kappa shape index (κ1) is 71.7. The number of allylic oxidation sites excluding steroid dienone is 7. The number of phenolic OH excluding ortho intramolecular Hbond substituents is 1. The molecule has 1 fully saturated rings. The number of piperidine rings is 1. The largest absolute Gasteiger partial charge is 0.507 e. The summed E-state index contributed by atoms with van der Waals surface area (Å²) in [6.45, 7) is 52.9. The first-order valence-corrected chi connectivity index (χ1v) is 30.0. The van der Waals surface area contributed by atoms with Gasteiger partial charge in [-0.3, -0.25) is 19.9 Å². The van der Waals surface area contributed by atoms with Crippen LogP contribution in [0.15, 0.2) is 77.5 Å². The zero-order valence-electron chi connectivity index (χ0n) is 54.5. The third-order valence-corrected chi connectivity index (χ3v) is 17.2. The zero-order valence-corrected chi connectivity index (χ0v) is 55.3. The summed E-state index contributed by atoms with van der Waals surface area (Å²) in [6.07, 6.45) is 32.0. The van der Waals surface area contributed by atoms with Gasteiger partial charge in [-0.15, -0.1) is 11.8 Å². The molecular formula is C71H109N5O2S. The van der Waals surface area contributed by atoms with Gasteiger partial charge in [-0.25, -0.2) is 0 Å². The Balaban J connectivity index is 0.000000449. The van der Waals surface area contributed by atoms with Crippen molar-refractivity contribution in [3.8, 4) is 5.75 Å². The van der Waals surface area contributed by atoms with Crippen LogP contribution in [0.1, 0.15) is 185 Å². The number of likely N-dealkylation sites (tertiary alicyclic amines) is 1. The van der Waals surface area contributed by atoms with Crippen LogP contribution in [0.4, 0.5) is 0 Å². The number of hydrogen-bond acceptors (Lipinski definition) is 8. The molecule has 0 saturated carbocycles. The predicted molar refractivity (Wildman–Crippen MR) is 350 cm³/mol. The fourth-order valence-electron chi connectivity index (χ4n) is 8.62. The SMILES string of the molecule is CC1=NC=CC1.CC1C=CC=CO1.CC1C=CC=CS1.CC1CC=CCC1.CN1CCCCC1.Cc1c(C)c(C)c(O)c(C)c1C.Cc1nc(C)c(C)c(C)c1C.Cc1nc(C)c(C)c(C)c1C.Cc1nc(C)c(C)c(C)c1C. The van der Waals surface area contributed by atoms with Gasteiger partial charge in [0.15, 0.2) is 0 Å². The molecule has 1 N–H and O–H groups in total. The van der Waals surface area contributed by atoms with Crippen LogP contribution >= 0.6 is 11.8 Å². The zero-order chi connectivity index (χ0) is 60.1. The minimum atomic E-state index is 0.269. The van der Waals surface area contributed by atoms with Crippen molar-refractivity contribution in [2.45, 2.75) is 222 Å². The van der Waals surface area contributed by atoms with Crippen LogP contribution in [-0.4, -0.2) is 62.2 Å². The molecule has 9 rings (SSSR count). The van der Waals surface area contributed by atoms with E-state index < -0.39 is 0 Å². The molecular weight excluding hydrogens is 987 g/mol. The molecule has 3 atom stereocenters. The van der Waals surface area contributed by atoms with Gasteiger partial charge in [-0.05, 0) is 313 Å². The molecule has 0 spiro atoms. The van der Waals surface area contributed by atoms with Crippen LogP contribution in [0, 0.1) is 144 Å². The first-order chi connectivity index (χ1) is 37.0. The Bertz CT molecular complexity index is 2390. The lowest BCUT2D eigenvalue weighted by Crippen LogP contribution is -2.24. The standard InChI is InChI=1S/C11H16O.3C10H15N.C7H12.C6H13N.C6H8O.C6H8S.C5H7N/c1-6-7(2)9(4)11(12)10(5)8(6)3;3*1-6-7(2)9(4)11-10(5)8(6)3;2*1-7-5-3-2-4-6-7;2*1-6-4-2-3-5-7-6;1-5-3-2-4-6-5/h12H,1-5H3;3*1-5H3;2-3,7H,4-6H2,1H3;2-6H2,1H3;2*2-6H,1H3;2,4H,3H2,1H3. The fraction of sp³-hybridized carbons (Fsp3) is 0.521. The van der Waals surface area contributed by atoms with Crippen LogP contribution in [0.5, 0.6) is 5.75 Å². The number of aromatic nitrogens is 3. The van der Waals surface area contributed by atoms with Crippen LogP contribution in [0.2, 0.25) is 0 Å². The van der Waals surface area contributed by atoms with E-state index in [0.29, 0.717) is 11.0 Å². The fourth-order valence-corrected chi connectivity index (χ4v) is 9.23. The highest BCUT2D eigenvalue weighted by Gasteiger charge is 2.11. The Hall–Kier alpha value is -5.31. The van der Waals surface area contributed by atoms with Crippen molar-refractivity contribution in [2.24, 2.45) is 10.9 Å². The quantitative estimate of drug-likeness (QED) is 0.176. The van der Waals surface area contributed by atoms with Crippen molar-refractivity contribution in [3.63, 3.8) is 0 Å². The third kappa shape index (κ3) is 26.2. The molecule has 0 bridgehead atoms. The average Bonchev–Trinajstić information content (AvgIpc) is 3.93. The molecule has 1 aliphatic carbocycles. The number of pyridine rings is 3. The van der Waals surface area contributed by atoms with Crippen LogP contribution < -0.4 is 0 Å². The highest BCUT2D eigenvalue weighted by atomic mass is 32.2. The number of thioether (sulfide) groups is 1. The molecule has 3 aromatic heterocycles. The summed E-state index contributed by atoms with van der Waals surface area (Å²) in [7, 11) is 2.19. The van der Waals surface area contributed by atoms with Crippen molar-refractivity contribution < 1.29 is 9.84 Å². The van der Waals surface area contributed by atoms with Gasteiger partial charge in [0.1, 0.15) is 11.9 Å². The monoisotopic (exact) mass is 1100 g/mol. The highest BCUT2D eigenvalue weighted by molar-refractivity contribution is 8.02. The number of benzene rings is 1. The minimum Gasteiger partial charge on any atom is -0.507 e. The molecule has 5 aliphatic rings. The predicted octanol–water partition coefficient (Wildman–Crippen LogP) is 19.3. The number of aryl methyl sites for hydroxylation is 6. The summed E-state index contributed by atoms with van der Waals surface area (Å²) in [5.74, 6) is 1.40. The van der Waals surface area contributed by atoms with Gasteiger partial charge in [0.25, 0.3) is 0 Å². The summed E-state index contributed by atoms with van der Waals surface area (Å²) >= 11 is 1.85. The maximum atomic E-state index is 9.69. The highest BCUT2D eigenvalue weighted by Crippen LogP contribution is 2.30. The van der Waals surface area contributed by atoms with E-state index in [0.717, 1.165) is 57.6 Å². The molecule has 4 aliphatic heterocycles. The molecule has 7 nitrogen and oxygen atoms in total. The van der Waals surface area contributed by atoms with E-state index in [1.54, 1.807) is 6.26 Å². The van der Waals surface area contributed by atoms with E-state index in [2.05, 4.69) is 212 Å². The van der Waals surface area contributed by atoms with Gasteiger partial charge < -0.3 is 14.7 Å². The second-order valence-electron chi connectivity index (χ2n) is 22.3. The molecule has 3 unspecified atom stereocenters. The van der Waals surface area contributed by atoms with E-state index >= 15 is 0 Å². The Morgan fingerprint density at radius 3 is 1.10 bits per heavy atom. The Labute approximate surface area is 488 Å². The number of aromatic hydroxyl groups is 1. The molecule has 79 heavy (non-hydrogen) atoms. The summed E-state index contributed by atoms with van der Waals surface area (Å²) in [4.78, 5) is 19.7. The summed E-state index contributed by atoms with van der Waals surface area (Å²) in [5.41, 5.74) is 26.0. The molecule has 0 amide bonds. The van der Waals surface area contributed by atoms with Gasteiger partial charge >= 0.3 is 0 Å². The van der Waals surface area contributed by atoms with Crippen LogP contribution in [-0.2, 0) is 4.74 Å². The van der Waals surface area contributed by atoms with E-state index in [1.807, 2.05) is 63.9 Å². The number of ether oxygens (including phenoxy) is 1. The summed E-state index contributed by atoms with van der Waals surface area (Å²) in [5, 5.41) is 12.5. The second-order valence-corrected chi connectivity index (χ2v) is 23.6. The van der Waals surface area contributed by atoms with Crippen LogP contribution in [0.3, 0.4) is 0 Å². The summed E-state index contributed by atoms with van der Waals surface area (Å²) in [6, 6.07) is 0. The van der Waals surface area contributed by atoms with E-state index in [4.69, 9.17) is 4.74 Å². The molecule has 1 aromatic carbocycles. The lowest BCUT2D eigenvalue weighted by molar-refractivity contribution is 0.200. The average molecular weight is 1100 g/mol. The summed E-state index contributed by atoms with van der Waals surface area (Å²) < 4.78 is 5.01. The number of phenols is 1. The maximum absolute atomic E-state index is 9.69. The Morgan fingerprint density at radius 2 is 0.886 bits per heavy atom. The minimum absolute atomic E-state index is 0.269. The number of nitrogens with zero attached hydrogens (tertiary/aromatic N) is 5. The van der Waals surface area contributed by atoms with Crippen molar-refractivity contribution >= 4 is 17.5 Å². The lowest BCUT2D eigenvalue weighted by atomic mass is 9.94. The molecule has 1 saturated heterocycles. The van der Waals surface area contributed by atoms with Crippen molar-refractivity contribution in [2.75, 3.05) is 20.1 Å². The van der Waals surface area contributed by atoms with E-state index in [-0.39, 0.29) is 6.10 Å². The Kier molecular flexibility index (Phi) is 34.1. The van der Waals surface area contributed by atoms with Gasteiger partial charge in [-0.2, -0.15) is 0 Å². The molecule has 8 heteroatoms. The van der Waals surface area contributed by atoms with Gasteiger partial charge in [0, 0.05) is 57.7 Å². The maximum Gasteiger partial charge on any atom is 0.121 e. The molecule has 7 heterocycles. The van der Waals surface area contributed by atoms with Gasteiger partial charge in [0.05, 0.1) is 6.26 Å². The number of hydrogen-bond donors (Lipinski definition) is 1. The molecule has 0 radical (unpaired) electrons. The van der Waals surface area contributed by atoms with Gasteiger partial charge in [-0.1, -0.05) is 55.9 Å². The molecule has 4 aromatic rings. The topological polar surface area (TPSA) is 83.7 Å².